The Morgan fingerprint density at radius 2 is 2.19 bits per heavy atom. The Bertz CT molecular complexity index is 371. The zero-order chi connectivity index (χ0) is 12.1. The molecule has 0 unspecified atom stereocenters. The summed E-state index contributed by atoms with van der Waals surface area (Å²) in [6.07, 6.45) is 0. The van der Waals surface area contributed by atoms with Crippen LogP contribution < -0.4 is 0 Å². The summed E-state index contributed by atoms with van der Waals surface area (Å²) in [5.41, 5.74) is 3.01. The number of aliphatic hydroxyl groups is 1. The van der Waals surface area contributed by atoms with Gasteiger partial charge in [0.1, 0.15) is 0 Å². The second-order valence-corrected chi connectivity index (χ2v) is 4.83. The van der Waals surface area contributed by atoms with E-state index in [1.165, 1.54) is 11.8 Å². The maximum absolute atomic E-state index is 11.9. The van der Waals surface area contributed by atoms with E-state index in [-0.39, 0.29) is 12.4 Å². The predicted molar refractivity (Wildman–Crippen MR) is 68.3 cm³/mol. The molecule has 0 amide bonds. The molecule has 0 radical (unpaired) electrons. The average molecular weight is 241 g/mol. The van der Waals surface area contributed by atoms with Gasteiger partial charge in [-0.25, -0.2) is 0 Å². The maximum Gasteiger partial charge on any atom is 0.174 e. The van der Waals surface area contributed by atoms with Crippen molar-refractivity contribution in [3.63, 3.8) is 0 Å². The molecule has 1 rings (SSSR count). The molecule has 0 spiro atoms. The van der Waals surface area contributed by atoms with Crippen LogP contribution in [0.5, 0.6) is 0 Å². The summed E-state index contributed by atoms with van der Waals surface area (Å²) < 4.78 is 2.14. The van der Waals surface area contributed by atoms with Crippen LogP contribution in [0, 0.1) is 13.8 Å². The summed E-state index contributed by atoms with van der Waals surface area (Å²) >= 11 is 1.48. The van der Waals surface area contributed by atoms with Crippen LogP contribution in [-0.4, -0.2) is 33.6 Å². The highest BCUT2D eigenvalue weighted by molar-refractivity contribution is 8.00. The molecule has 0 aromatic carbocycles. The summed E-state index contributed by atoms with van der Waals surface area (Å²) in [5.74, 6) is 1.23. The lowest BCUT2D eigenvalue weighted by Crippen LogP contribution is -2.06. The first-order valence-electron chi connectivity index (χ1n) is 5.50. The number of aryl methyl sites for hydroxylation is 1. The van der Waals surface area contributed by atoms with Crippen molar-refractivity contribution in [2.24, 2.45) is 0 Å². The molecule has 0 bridgehead atoms. The van der Waals surface area contributed by atoms with Crippen molar-refractivity contribution < 1.29 is 9.90 Å². The Morgan fingerprint density at radius 3 is 2.69 bits per heavy atom. The molecule has 1 heterocycles. The third-order valence-electron chi connectivity index (χ3n) is 2.66. The number of rotatable bonds is 6. The minimum atomic E-state index is 0.131. The SMILES string of the molecule is CCn1c(C)cc(C(=O)CSCCO)c1C. The van der Waals surface area contributed by atoms with Gasteiger partial charge in [0.25, 0.3) is 0 Å². The first-order chi connectivity index (χ1) is 7.61. The molecular formula is C12H19NO2S. The molecule has 3 nitrogen and oxygen atoms in total. The largest absolute Gasteiger partial charge is 0.396 e. The van der Waals surface area contributed by atoms with Gasteiger partial charge in [0.15, 0.2) is 5.78 Å². The number of Topliss-reactive ketones (excluding diaryl/α,β-unsaturated/α-hetero) is 1. The van der Waals surface area contributed by atoms with E-state index in [1.54, 1.807) is 0 Å². The topological polar surface area (TPSA) is 42.2 Å². The number of aliphatic hydroxyl groups excluding tert-OH is 1. The van der Waals surface area contributed by atoms with Gasteiger partial charge in [-0.2, -0.15) is 11.8 Å². The van der Waals surface area contributed by atoms with Crippen molar-refractivity contribution in [2.75, 3.05) is 18.1 Å². The zero-order valence-electron chi connectivity index (χ0n) is 10.1. The van der Waals surface area contributed by atoms with E-state index in [2.05, 4.69) is 11.5 Å². The number of hydrogen-bond donors (Lipinski definition) is 1. The highest BCUT2D eigenvalue weighted by Gasteiger charge is 2.14. The number of nitrogens with zero attached hydrogens (tertiary/aromatic N) is 1. The van der Waals surface area contributed by atoms with Crippen LogP contribution in [0.15, 0.2) is 6.07 Å². The lowest BCUT2D eigenvalue weighted by Gasteiger charge is -2.05. The molecule has 0 aliphatic rings. The Hall–Kier alpha value is -0.740. The summed E-state index contributed by atoms with van der Waals surface area (Å²) in [5, 5.41) is 8.65. The number of thioether (sulfide) groups is 1. The van der Waals surface area contributed by atoms with Crippen LogP contribution in [0.4, 0.5) is 0 Å². The minimum absolute atomic E-state index is 0.131. The Morgan fingerprint density at radius 1 is 1.50 bits per heavy atom. The first kappa shape index (κ1) is 13.3. The quantitative estimate of drug-likeness (QED) is 0.612. The second-order valence-electron chi connectivity index (χ2n) is 3.73. The number of aromatic nitrogens is 1. The van der Waals surface area contributed by atoms with Crippen molar-refractivity contribution in [3.8, 4) is 0 Å². The smallest absolute Gasteiger partial charge is 0.174 e. The first-order valence-corrected chi connectivity index (χ1v) is 6.65. The molecule has 0 atom stereocenters. The molecule has 0 aliphatic heterocycles. The molecular weight excluding hydrogens is 222 g/mol. The van der Waals surface area contributed by atoms with Gasteiger partial charge in [0.05, 0.1) is 12.4 Å². The van der Waals surface area contributed by atoms with Crippen molar-refractivity contribution >= 4 is 17.5 Å². The number of carbonyl (C=O) groups excluding carboxylic acids is 1. The van der Waals surface area contributed by atoms with Crippen LogP contribution in [0.25, 0.3) is 0 Å². The highest BCUT2D eigenvalue weighted by atomic mass is 32.2. The van der Waals surface area contributed by atoms with Gasteiger partial charge in [-0.15, -0.1) is 0 Å². The van der Waals surface area contributed by atoms with E-state index in [9.17, 15) is 4.79 Å². The van der Waals surface area contributed by atoms with E-state index >= 15 is 0 Å². The molecule has 0 saturated heterocycles. The highest BCUT2D eigenvalue weighted by Crippen LogP contribution is 2.17. The fourth-order valence-electron chi connectivity index (χ4n) is 1.88. The number of hydrogen-bond acceptors (Lipinski definition) is 3. The third kappa shape index (κ3) is 2.89. The second kappa shape index (κ2) is 6.11. The summed E-state index contributed by atoms with van der Waals surface area (Å²) in [6.45, 7) is 7.12. The van der Waals surface area contributed by atoms with Gasteiger partial charge in [-0.1, -0.05) is 0 Å². The van der Waals surface area contributed by atoms with Crippen LogP contribution in [-0.2, 0) is 6.54 Å². The maximum atomic E-state index is 11.9. The van der Waals surface area contributed by atoms with Crippen molar-refractivity contribution in [2.45, 2.75) is 27.3 Å². The van der Waals surface area contributed by atoms with Gasteiger partial charge in [0.2, 0.25) is 0 Å². The van der Waals surface area contributed by atoms with Crippen molar-refractivity contribution in [1.29, 1.82) is 0 Å². The summed E-state index contributed by atoms with van der Waals surface area (Å²) in [7, 11) is 0. The zero-order valence-corrected chi connectivity index (χ0v) is 10.9. The molecule has 0 aliphatic carbocycles. The van der Waals surface area contributed by atoms with Crippen LogP contribution in [0.3, 0.4) is 0 Å². The molecule has 0 fully saturated rings. The van der Waals surface area contributed by atoms with E-state index in [1.807, 2.05) is 19.9 Å². The lowest BCUT2D eigenvalue weighted by atomic mass is 10.2. The molecule has 16 heavy (non-hydrogen) atoms. The average Bonchev–Trinajstić information content (AvgIpc) is 2.54. The molecule has 4 heteroatoms. The monoisotopic (exact) mass is 241 g/mol. The van der Waals surface area contributed by atoms with Crippen molar-refractivity contribution in [1.82, 2.24) is 4.57 Å². The number of ketones is 1. The predicted octanol–water partition coefficient (Wildman–Crippen LogP) is 2.03. The lowest BCUT2D eigenvalue weighted by molar-refractivity contribution is 0.102. The van der Waals surface area contributed by atoms with E-state index in [0.29, 0.717) is 11.5 Å². The number of carbonyl (C=O) groups is 1. The Balaban J connectivity index is 2.76. The van der Waals surface area contributed by atoms with Gasteiger partial charge in [-0.05, 0) is 26.8 Å². The van der Waals surface area contributed by atoms with Crippen LogP contribution in [0.1, 0.15) is 28.7 Å². The standard InChI is InChI=1S/C12H19NO2S/c1-4-13-9(2)7-11(10(13)3)12(15)8-16-6-5-14/h7,14H,4-6,8H2,1-3H3. The fraction of sp³-hybridized carbons (Fsp3) is 0.583. The van der Waals surface area contributed by atoms with E-state index in [0.717, 1.165) is 23.5 Å². The molecule has 1 aromatic rings. The van der Waals surface area contributed by atoms with Crippen LogP contribution >= 0.6 is 11.8 Å². The fourth-order valence-corrected chi connectivity index (χ4v) is 2.49. The molecule has 1 N–H and O–H groups in total. The summed E-state index contributed by atoms with van der Waals surface area (Å²) in [4.78, 5) is 11.9. The normalized spacial score (nSPS) is 10.8. The van der Waals surface area contributed by atoms with Crippen LogP contribution in [0.2, 0.25) is 0 Å². The van der Waals surface area contributed by atoms with E-state index < -0.39 is 0 Å². The van der Waals surface area contributed by atoms with E-state index in [4.69, 9.17) is 5.11 Å². The third-order valence-corrected chi connectivity index (χ3v) is 3.60. The molecule has 1 aromatic heterocycles. The van der Waals surface area contributed by atoms with Gasteiger partial charge in [0, 0.05) is 29.2 Å². The molecule has 0 saturated carbocycles. The minimum Gasteiger partial charge on any atom is -0.396 e. The summed E-state index contributed by atoms with van der Waals surface area (Å²) in [6, 6.07) is 1.96. The van der Waals surface area contributed by atoms with Gasteiger partial charge < -0.3 is 9.67 Å². The van der Waals surface area contributed by atoms with Gasteiger partial charge in [-0.3, -0.25) is 4.79 Å². The Labute approximate surface area is 101 Å². The van der Waals surface area contributed by atoms with Crippen molar-refractivity contribution in [3.05, 3.63) is 23.0 Å². The Kier molecular flexibility index (Phi) is 5.09. The molecule has 90 valence electrons. The van der Waals surface area contributed by atoms with Gasteiger partial charge >= 0.3 is 0 Å².